The Balaban J connectivity index is 1.72. The number of rotatable bonds is 4. The number of benzene rings is 2. The van der Waals surface area contributed by atoms with Crippen molar-refractivity contribution in [2.45, 2.75) is 6.54 Å². The van der Waals surface area contributed by atoms with E-state index in [0.717, 1.165) is 5.56 Å². The van der Waals surface area contributed by atoms with Crippen molar-refractivity contribution in [1.29, 1.82) is 0 Å². The molecule has 0 atom stereocenters. The van der Waals surface area contributed by atoms with Crippen LogP contribution in [0.25, 0.3) is 5.69 Å². The van der Waals surface area contributed by atoms with E-state index in [-0.39, 0.29) is 11.6 Å². The number of phenolic OH excluding ortho intramolecular Hbond substituents is 1. The van der Waals surface area contributed by atoms with E-state index in [1.54, 1.807) is 41.5 Å². The fraction of sp³-hybridized carbons (Fsp3) is 0.0625. The first-order chi connectivity index (χ1) is 10.2. The SMILES string of the molecule is Oc1ccc(CNc2ccc(-n3ccnc3)c(F)c2)cc1. The standard InChI is InChI=1S/C16H14FN3O/c17-15-9-13(3-6-16(15)20-8-7-18-11-20)19-10-12-1-4-14(21)5-2-12/h1-9,11,19,21H,10H2. The first kappa shape index (κ1) is 13.2. The van der Waals surface area contributed by atoms with Gasteiger partial charge in [0.1, 0.15) is 11.6 Å². The summed E-state index contributed by atoms with van der Waals surface area (Å²) in [4.78, 5) is 3.91. The van der Waals surface area contributed by atoms with Crippen molar-refractivity contribution < 1.29 is 9.50 Å². The lowest BCUT2D eigenvalue weighted by atomic mass is 10.2. The van der Waals surface area contributed by atoms with Gasteiger partial charge >= 0.3 is 0 Å². The molecule has 106 valence electrons. The lowest BCUT2D eigenvalue weighted by Crippen LogP contribution is -2.01. The van der Waals surface area contributed by atoms with Crippen LogP contribution in [-0.2, 0) is 6.54 Å². The van der Waals surface area contributed by atoms with Gasteiger partial charge in [-0.1, -0.05) is 12.1 Å². The number of aromatic hydroxyl groups is 1. The summed E-state index contributed by atoms with van der Waals surface area (Å²) in [6.07, 6.45) is 4.86. The lowest BCUT2D eigenvalue weighted by Gasteiger charge is -2.09. The number of aromatic nitrogens is 2. The van der Waals surface area contributed by atoms with Crippen LogP contribution in [0, 0.1) is 5.82 Å². The highest BCUT2D eigenvalue weighted by Gasteiger charge is 2.05. The summed E-state index contributed by atoms with van der Waals surface area (Å²) in [5.41, 5.74) is 2.17. The molecule has 2 N–H and O–H groups in total. The van der Waals surface area contributed by atoms with E-state index in [1.165, 1.54) is 6.07 Å². The van der Waals surface area contributed by atoms with Gasteiger partial charge in [-0.05, 0) is 35.9 Å². The quantitative estimate of drug-likeness (QED) is 0.772. The average molecular weight is 283 g/mol. The van der Waals surface area contributed by atoms with Gasteiger partial charge in [-0.25, -0.2) is 9.37 Å². The summed E-state index contributed by atoms with van der Waals surface area (Å²) in [5.74, 6) is -0.0850. The first-order valence-corrected chi connectivity index (χ1v) is 6.52. The van der Waals surface area contributed by atoms with Crippen LogP contribution < -0.4 is 5.32 Å². The van der Waals surface area contributed by atoms with Gasteiger partial charge in [-0.3, -0.25) is 0 Å². The van der Waals surface area contributed by atoms with Crippen molar-refractivity contribution in [2.75, 3.05) is 5.32 Å². The fourth-order valence-electron chi connectivity index (χ4n) is 2.05. The second-order valence-electron chi connectivity index (χ2n) is 4.66. The minimum Gasteiger partial charge on any atom is -0.508 e. The summed E-state index contributed by atoms with van der Waals surface area (Å²) in [6, 6.07) is 11.9. The van der Waals surface area contributed by atoms with Crippen LogP contribution in [-0.4, -0.2) is 14.7 Å². The van der Waals surface area contributed by atoms with Crippen molar-refractivity contribution in [3.05, 3.63) is 72.6 Å². The van der Waals surface area contributed by atoms with Gasteiger partial charge in [-0.15, -0.1) is 0 Å². The highest BCUT2D eigenvalue weighted by molar-refractivity contribution is 5.50. The second kappa shape index (κ2) is 5.66. The molecule has 0 bridgehead atoms. The molecule has 0 aliphatic rings. The van der Waals surface area contributed by atoms with E-state index in [9.17, 15) is 9.50 Å². The largest absolute Gasteiger partial charge is 0.508 e. The molecule has 3 rings (SSSR count). The number of nitrogens with one attached hydrogen (secondary N) is 1. The molecule has 0 aliphatic heterocycles. The van der Waals surface area contributed by atoms with E-state index in [1.807, 2.05) is 18.2 Å². The number of imidazole rings is 1. The molecular formula is C16H14FN3O. The van der Waals surface area contributed by atoms with Gasteiger partial charge in [0.2, 0.25) is 0 Å². The molecule has 0 fully saturated rings. The van der Waals surface area contributed by atoms with Crippen LogP contribution in [0.5, 0.6) is 5.75 Å². The second-order valence-corrected chi connectivity index (χ2v) is 4.66. The number of nitrogens with zero attached hydrogens (tertiary/aromatic N) is 2. The van der Waals surface area contributed by atoms with Gasteiger partial charge in [0.25, 0.3) is 0 Å². The third-order valence-electron chi connectivity index (χ3n) is 3.16. The summed E-state index contributed by atoms with van der Waals surface area (Å²) >= 11 is 0. The van der Waals surface area contributed by atoms with Crippen LogP contribution >= 0.6 is 0 Å². The number of anilines is 1. The van der Waals surface area contributed by atoms with Crippen molar-refractivity contribution in [3.8, 4) is 11.4 Å². The Morgan fingerprint density at radius 1 is 1.14 bits per heavy atom. The van der Waals surface area contributed by atoms with Crippen LogP contribution in [0.2, 0.25) is 0 Å². The van der Waals surface area contributed by atoms with Crippen molar-refractivity contribution >= 4 is 5.69 Å². The van der Waals surface area contributed by atoms with E-state index in [0.29, 0.717) is 17.9 Å². The Hall–Kier alpha value is -2.82. The molecule has 1 aromatic heterocycles. The van der Waals surface area contributed by atoms with E-state index in [2.05, 4.69) is 10.3 Å². The molecule has 0 saturated heterocycles. The van der Waals surface area contributed by atoms with Gasteiger partial charge in [0, 0.05) is 24.6 Å². The smallest absolute Gasteiger partial charge is 0.149 e. The molecule has 1 heterocycles. The molecule has 3 aromatic rings. The number of phenols is 1. The molecule has 0 aliphatic carbocycles. The van der Waals surface area contributed by atoms with Crippen molar-refractivity contribution in [2.24, 2.45) is 0 Å². The van der Waals surface area contributed by atoms with Crippen LogP contribution in [0.3, 0.4) is 0 Å². The Morgan fingerprint density at radius 3 is 2.62 bits per heavy atom. The summed E-state index contributed by atoms with van der Waals surface area (Å²) in [7, 11) is 0. The minimum atomic E-state index is -0.316. The summed E-state index contributed by atoms with van der Waals surface area (Å²) in [5, 5.41) is 12.4. The van der Waals surface area contributed by atoms with Crippen molar-refractivity contribution in [1.82, 2.24) is 9.55 Å². The Kier molecular flexibility index (Phi) is 3.55. The third kappa shape index (κ3) is 3.02. The Labute approximate surface area is 121 Å². The van der Waals surface area contributed by atoms with E-state index < -0.39 is 0 Å². The molecular weight excluding hydrogens is 269 g/mol. The molecule has 0 unspecified atom stereocenters. The molecule has 21 heavy (non-hydrogen) atoms. The monoisotopic (exact) mass is 283 g/mol. The normalized spacial score (nSPS) is 10.5. The number of hydrogen-bond acceptors (Lipinski definition) is 3. The zero-order valence-electron chi connectivity index (χ0n) is 11.2. The Bertz CT molecular complexity index is 724. The zero-order valence-corrected chi connectivity index (χ0v) is 11.2. The maximum atomic E-state index is 14.1. The molecule has 4 nitrogen and oxygen atoms in total. The van der Waals surface area contributed by atoms with Gasteiger partial charge in [0.15, 0.2) is 0 Å². The highest BCUT2D eigenvalue weighted by atomic mass is 19.1. The highest BCUT2D eigenvalue weighted by Crippen LogP contribution is 2.19. The predicted octanol–water partition coefficient (Wildman–Crippen LogP) is 3.33. The molecule has 0 saturated carbocycles. The van der Waals surface area contributed by atoms with Gasteiger partial charge in [-0.2, -0.15) is 0 Å². The molecule has 5 heteroatoms. The summed E-state index contributed by atoms with van der Waals surface area (Å²) in [6.45, 7) is 0.560. The van der Waals surface area contributed by atoms with Crippen LogP contribution in [0.4, 0.5) is 10.1 Å². The van der Waals surface area contributed by atoms with E-state index in [4.69, 9.17) is 0 Å². The average Bonchev–Trinajstić information content (AvgIpc) is 3.01. The van der Waals surface area contributed by atoms with Gasteiger partial charge < -0.3 is 15.0 Å². The van der Waals surface area contributed by atoms with Gasteiger partial charge in [0.05, 0.1) is 12.0 Å². The minimum absolute atomic E-state index is 0.231. The third-order valence-corrected chi connectivity index (χ3v) is 3.16. The zero-order chi connectivity index (χ0) is 14.7. The predicted molar refractivity (Wildman–Crippen MR) is 79.0 cm³/mol. The fourth-order valence-corrected chi connectivity index (χ4v) is 2.05. The molecule has 0 radical (unpaired) electrons. The van der Waals surface area contributed by atoms with E-state index >= 15 is 0 Å². The first-order valence-electron chi connectivity index (χ1n) is 6.52. The Morgan fingerprint density at radius 2 is 1.95 bits per heavy atom. The van der Waals surface area contributed by atoms with Crippen LogP contribution in [0.15, 0.2) is 61.2 Å². The lowest BCUT2D eigenvalue weighted by molar-refractivity contribution is 0.475. The van der Waals surface area contributed by atoms with Crippen LogP contribution in [0.1, 0.15) is 5.56 Å². The molecule has 2 aromatic carbocycles. The topological polar surface area (TPSA) is 50.1 Å². The number of hydrogen-bond donors (Lipinski definition) is 2. The maximum absolute atomic E-state index is 14.1. The molecule has 0 amide bonds. The summed E-state index contributed by atoms with van der Waals surface area (Å²) < 4.78 is 15.7. The van der Waals surface area contributed by atoms with Crippen molar-refractivity contribution in [3.63, 3.8) is 0 Å². The molecule has 0 spiro atoms. The number of halogens is 1. The maximum Gasteiger partial charge on any atom is 0.149 e.